The van der Waals surface area contributed by atoms with Crippen LogP contribution >= 0.6 is 11.8 Å². The average Bonchev–Trinajstić information content (AvgIpc) is 2.96. The summed E-state index contributed by atoms with van der Waals surface area (Å²) in [6.07, 6.45) is -2.62. The number of hydrogen-bond acceptors (Lipinski definition) is 4. The van der Waals surface area contributed by atoms with Crippen molar-refractivity contribution in [1.29, 1.82) is 0 Å². The van der Waals surface area contributed by atoms with Gasteiger partial charge in [0.05, 0.1) is 22.2 Å². The van der Waals surface area contributed by atoms with Crippen molar-refractivity contribution in [2.45, 2.75) is 43.5 Å². The second kappa shape index (κ2) is 9.29. The number of aryl methyl sites for hydroxylation is 1. The van der Waals surface area contributed by atoms with Crippen molar-refractivity contribution in [3.05, 3.63) is 87.1 Å². The van der Waals surface area contributed by atoms with E-state index in [0.717, 1.165) is 17.8 Å². The van der Waals surface area contributed by atoms with Gasteiger partial charge >= 0.3 is 6.18 Å². The first-order valence-electron chi connectivity index (χ1n) is 11.0. The predicted molar refractivity (Wildman–Crippen MR) is 126 cm³/mol. The van der Waals surface area contributed by atoms with Crippen LogP contribution in [-0.2, 0) is 12.6 Å². The normalized spacial score (nSPS) is 15.3. The summed E-state index contributed by atoms with van der Waals surface area (Å²) in [4.78, 5) is 33.2. The number of carbonyl (C=O) groups excluding carboxylic acids is 1. The number of thioether (sulfide) groups is 1. The van der Waals surface area contributed by atoms with Crippen molar-refractivity contribution < 1.29 is 18.0 Å². The molecule has 2 aromatic heterocycles. The van der Waals surface area contributed by atoms with E-state index in [2.05, 4.69) is 4.98 Å². The van der Waals surface area contributed by atoms with Crippen LogP contribution in [0.3, 0.4) is 0 Å². The first kappa shape index (κ1) is 24.1. The number of carbonyl (C=O) groups is 1. The van der Waals surface area contributed by atoms with E-state index in [-0.39, 0.29) is 17.2 Å². The van der Waals surface area contributed by atoms with Crippen molar-refractivity contribution in [2.24, 2.45) is 0 Å². The van der Waals surface area contributed by atoms with Crippen LogP contribution in [-0.4, -0.2) is 33.4 Å². The number of amides is 1. The topological polar surface area (TPSA) is 55.2 Å². The molecule has 0 bridgehead atoms. The van der Waals surface area contributed by atoms with E-state index in [9.17, 15) is 22.8 Å². The molecule has 0 N–H and O–H groups in total. The Kier molecular flexibility index (Phi) is 6.58. The van der Waals surface area contributed by atoms with Gasteiger partial charge in [-0.05, 0) is 51.1 Å². The van der Waals surface area contributed by atoms with Crippen LogP contribution in [0, 0.1) is 6.92 Å². The molecule has 3 heterocycles. The molecule has 34 heavy (non-hydrogen) atoms. The van der Waals surface area contributed by atoms with Crippen LogP contribution in [0.25, 0.3) is 5.69 Å². The van der Waals surface area contributed by atoms with E-state index >= 15 is 0 Å². The summed E-state index contributed by atoms with van der Waals surface area (Å²) in [7, 11) is 0. The number of halogens is 3. The Morgan fingerprint density at radius 2 is 1.91 bits per heavy atom. The second-order valence-corrected chi connectivity index (χ2v) is 9.27. The van der Waals surface area contributed by atoms with Gasteiger partial charge in [-0.25, -0.2) is 0 Å². The zero-order valence-corrected chi connectivity index (χ0v) is 19.8. The van der Waals surface area contributed by atoms with Crippen molar-refractivity contribution in [3.8, 4) is 5.69 Å². The summed E-state index contributed by atoms with van der Waals surface area (Å²) in [6, 6.07) is 10.4. The summed E-state index contributed by atoms with van der Waals surface area (Å²) >= 11 is 1.38. The van der Waals surface area contributed by atoms with Gasteiger partial charge in [-0.2, -0.15) is 13.2 Å². The lowest BCUT2D eigenvalue weighted by molar-refractivity contribution is -0.137. The molecule has 3 aromatic rings. The van der Waals surface area contributed by atoms with Gasteiger partial charge < -0.3 is 9.47 Å². The molecule has 1 amide bonds. The van der Waals surface area contributed by atoms with Crippen LogP contribution in [0.2, 0.25) is 0 Å². The lowest BCUT2D eigenvalue weighted by atomic mass is 10.0. The number of pyridine rings is 2. The molecular formula is C25H24F3N3O2S. The summed E-state index contributed by atoms with van der Waals surface area (Å²) in [5.41, 5.74) is 0.689. The Hall–Kier alpha value is -3.07. The monoisotopic (exact) mass is 487 g/mol. The number of aromatic nitrogens is 2. The summed E-state index contributed by atoms with van der Waals surface area (Å²) in [5, 5.41) is -0.296. The zero-order chi connectivity index (χ0) is 24.6. The van der Waals surface area contributed by atoms with E-state index in [4.69, 9.17) is 0 Å². The zero-order valence-electron chi connectivity index (χ0n) is 19.0. The Balaban J connectivity index is 2.04. The molecule has 0 unspecified atom stereocenters. The van der Waals surface area contributed by atoms with E-state index in [1.165, 1.54) is 23.9 Å². The third kappa shape index (κ3) is 4.36. The SMILES string of the molecule is CCN(CC)C(=O)c1c2n(c(C)cc1=O)-c1cc(C(F)(F)F)ccc1S[C@@H](c1ccccn1)C2. The molecule has 0 saturated heterocycles. The van der Waals surface area contributed by atoms with Crippen molar-refractivity contribution in [1.82, 2.24) is 14.5 Å². The minimum Gasteiger partial charge on any atom is -0.339 e. The van der Waals surface area contributed by atoms with Crippen LogP contribution in [0.5, 0.6) is 0 Å². The van der Waals surface area contributed by atoms with E-state index < -0.39 is 23.1 Å². The third-order valence-electron chi connectivity index (χ3n) is 5.95. The van der Waals surface area contributed by atoms with Crippen molar-refractivity contribution in [2.75, 3.05) is 13.1 Å². The lowest BCUT2D eigenvalue weighted by Crippen LogP contribution is -2.36. The highest BCUT2D eigenvalue weighted by molar-refractivity contribution is 7.99. The fourth-order valence-corrected chi connectivity index (χ4v) is 5.52. The van der Waals surface area contributed by atoms with Gasteiger partial charge in [-0.15, -0.1) is 11.8 Å². The van der Waals surface area contributed by atoms with Crippen LogP contribution in [0.4, 0.5) is 13.2 Å². The highest BCUT2D eigenvalue weighted by Gasteiger charge is 2.35. The van der Waals surface area contributed by atoms with Crippen LogP contribution in [0.15, 0.2) is 58.4 Å². The summed E-state index contributed by atoms with van der Waals surface area (Å²) < 4.78 is 42.5. The molecule has 0 saturated carbocycles. The Morgan fingerprint density at radius 3 is 2.53 bits per heavy atom. The fourth-order valence-electron chi connectivity index (χ4n) is 4.29. The number of alkyl halides is 3. The van der Waals surface area contributed by atoms with Crippen LogP contribution in [0.1, 0.15) is 52.1 Å². The number of rotatable bonds is 4. The Morgan fingerprint density at radius 1 is 1.18 bits per heavy atom. The molecule has 178 valence electrons. The molecule has 1 aliphatic rings. The van der Waals surface area contributed by atoms with Gasteiger partial charge in [0.15, 0.2) is 5.43 Å². The van der Waals surface area contributed by atoms with E-state index in [1.54, 1.807) is 28.7 Å². The van der Waals surface area contributed by atoms with E-state index in [1.807, 2.05) is 26.0 Å². The standard InChI is InChI=1S/C25H24F3N3O2S/c1-4-30(5-2)24(33)23-19-14-22(17-8-6-7-11-29-17)34-21-10-9-16(25(26,27)28)13-18(21)31(19)15(3)12-20(23)32/h6-13,22H,4-5,14H2,1-3H3/t22-/m1/s1. The van der Waals surface area contributed by atoms with Gasteiger partial charge in [0.2, 0.25) is 0 Å². The maximum Gasteiger partial charge on any atom is 0.416 e. The molecule has 0 fully saturated rings. The average molecular weight is 488 g/mol. The number of benzene rings is 1. The molecular weight excluding hydrogens is 463 g/mol. The first-order valence-corrected chi connectivity index (χ1v) is 11.9. The van der Waals surface area contributed by atoms with Crippen LogP contribution < -0.4 is 5.43 Å². The molecule has 1 aliphatic heterocycles. The molecule has 9 heteroatoms. The smallest absolute Gasteiger partial charge is 0.339 e. The summed E-state index contributed by atoms with van der Waals surface area (Å²) in [5.74, 6) is -0.418. The largest absolute Gasteiger partial charge is 0.416 e. The minimum absolute atomic E-state index is 0.00101. The highest BCUT2D eigenvalue weighted by atomic mass is 32.2. The maximum absolute atomic E-state index is 13.6. The van der Waals surface area contributed by atoms with Gasteiger partial charge in [-0.1, -0.05) is 6.07 Å². The molecule has 0 aliphatic carbocycles. The number of nitrogens with zero attached hydrogens (tertiary/aromatic N) is 3. The number of fused-ring (bicyclic) bond motifs is 3. The van der Waals surface area contributed by atoms with Crippen molar-refractivity contribution >= 4 is 17.7 Å². The molecule has 5 nitrogen and oxygen atoms in total. The molecule has 1 aromatic carbocycles. The van der Waals surface area contributed by atoms with Gasteiger partial charge in [-0.3, -0.25) is 14.6 Å². The maximum atomic E-state index is 13.6. The second-order valence-electron chi connectivity index (χ2n) is 8.03. The molecule has 1 atom stereocenters. The lowest BCUT2D eigenvalue weighted by Gasteiger charge is -2.24. The highest BCUT2D eigenvalue weighted by Crippen LogP contribution is 2.45. The first-order chi connectivity index (χ1) is 16.2. The van der Waals surface area contributed by atoms with Gasteiger partial charge in [0.1, 0.15) is 5.56 Å². The third-order valence-corrected chi connectivity index (χ3v) is 7.25. The quantitative estimate of drug-likeness (QED) is 0.492. The van der Waals surface area contributed by atoms with Gasteiger partial charge in [0, 0.05) is 48.1 Å². The fraction of sp³-hybridized carbons (Fsp3) is 0.320. The van der Waals surface area contributed by atoms with Crippen molar-refractivity contribution in [3.63, 3.8) is 0 Å². The van der Waals surface area contributed by atoms with E-state index in [0.29, 0.717) is 35.1 Å². The molecule has 0 spiro atoms. The Labute approximate surface area is 199 Å². The molecule has 4 rings (SSSR count). The van der Waals surface area contributed by atoms with Gasteiger partial charge in [0.25, 0.3) is 5.91 Å². The summed E-state index contributed by atoms with van der Waals surface area (Å²) in [6.45, 7) is 6.14. The number of hydrogen-bond donors (Lipinski definition) is 0. The minimum atomic E-state index is -4.53. The Bertz CT molecular complexity index is 1290. The predicted octanol–water partition coefficient (Wildman–Crippen LogP) is 5.43. The molecule has 0 radical (unpaired) electrons.